The molecular formula is C64H113NO10. The van der Waals surface area contributed by atoms with Crippen LogP contribution in [-0.4, -0.2) is 100 Å². The lowest BCUT2D eigenvalue weighted by atomic mass is 9.99. The number of ether oxygens (including phenoxy) is 3. The SMILES string of the molecule is CCCC/C=C\C/C=C\CCCCCCCC(=O)OCCCCCCCCCCC/C=C\C/C=C\CCCCCCCCCC(=O)NC(COC1OC(CO)C(O)C(O)C1O)C(O)/C=C/CC/C=C/CCCCCC. The molecule has 0 saturated carbocycles. The minimum Gasteiger partial charge on any atom is -0.466 e. The smallest absolute Gasteiger partial charge is 0.305 e. The average Bonchev–Trinajstić information content (AvgIpc) is 3.41. The molecule has 11 heteroatoms. The summed E-state index contributed by atoms with van der Waals surface area (Å²) in [7, 11) is 0. The first kappa shape index (κ1) is 70.1. The maximum Gasteiger partial charge on any atom is 0.305 e. The number of amides is 1. The predicted molar refractivity (Wildman–Crippen MR) is 310 cm³/mol. The van der Waals surface area contributed by atoms with Crippen molar-refractivity contribution in [3.05, 3.63) is 72.9 Å². The summed E-state index contributed by atoms with van der Waals surface area (Å²) in [6.07, 6.45) is 60.1. The molecule has 1 saturated heterocycles. The van der Waals surface area contributed by atoms with Crippen LogP contribution in [0.3, 0.4) is 0 Å². The normalized spacial score (nSPS) is 19.3. The van der Waals surface area contributed by atoms with Gasteiger partial charge in [-0.1, -0.05) is 215 Å². The molecule has 7 unspecified atom stereocenters. The Kier molecular flexibility index (Phi) is 49.7. The van der Waals surface area contributed by atoms with Gasteiger partial charge in [0.15, 0.2) is 6.29 Å². The van der Waals surface area contributed by atoms with Gasteiger partial charge >= 0.3 is 5.97 Å². The van der Waals surface area contributed by atoms with Gasteiger partial charge in [-0.3, -0.25) is 9.59 Å². The van der Waals surface area contributed by atoms with Gasteiger partial charge in [0.05, 0.1) is 32.0 Å². The molecule has 0 radical (unpaired) electrons. The summed E-state index contributed by atoms with van der Waals surface area (Å²) < 4.78 is 16.7. The monoisotopic (exact) mass is 1060 g/mol. The van der Waals surface area contributed by atoms with Crippen molar-refractivity contribution in [1.29, 1.82) is 0 Å². The molecule has 6 N–H and O–H groups in total. The Hall–Kier alpha value is -2.90. The molecule has 1 fully saturated rings. The van der Waals surface area contributed by atoms with Crippen molar-refractivity contribution in [3.8, 4) is 0 Å². The molecule has 7 atom stereocenters. The predicted octanol–water partition coefficient (Wildman–Crippen LogP) is 14.4. The van der Waals surface area contributed by atoms with E-state index in [9.17, 15) is 35.1 Å². The molecule has 1 amide bonds. The second kappa shape index (κ2) is 53.1. The van der Waals surface area contributed by atoms with E-state index in [0.29, 0.717) is 19.4 Å². The summed E-state index contributed by atoms with van der Waals surface area (Å²) in [5.41, 5.74) is 0. The van der Waals surface area contributed by atoms with Gasteiger partial charge in [-0.15, -0.1) is 0 Å². The maximum absolute atomic E-state index is 13.0. The van der Waals surface area contributed by atoms with E-state index in [1.807, 2.05) is 6.08 Å². The van der Waals surface area contributed by atoms with E-state index in [4.69, 9.17) is 14.2 Å². The van der Waals surface area contributed by atoms with Crippen LogP contribution in [0.4, 0.5) is 0 Å². The van der Waals surface area contributed by atoms with Crippen molar-refractivity contribution in [2.75, 3.05) is 19.8 Å². The summed E-state index contributed by atoms with van der Waals surface area (Å²) in [6, 6.07) is -0.836. The Morgan fingerprint density at radius 1 is 0.493 bits per heavy atom. The highest BCUT2D eigenvalue weighted by Crippen LogP contribution is 2.23. The molecule has 75 heavy (non-hydrogen) atoms. The van der Waals surface area contributed by atoms with Crippen molar-refractivity contribution in [2.24, 2.45) is 0 Å². The molecule has 1 heterocycles. The summed E-state index contributed by atoms with van der Waals surface area (Å²) in [6.45, 7) is 4.22. The number of hydrogen-bond donors (Lipinski definition) is 6. The fourth-order valence-corrected chi connectivity index (χ4v) is 9.08. The highest BCUT2D eigenvalue weighted by Gasteiger charge is 2.44. The van der Waals surface area contributed by atoms with E-state index in [-0.39, 0.29) is 18.5 Å². The number of rotatable bonds is 52. The number of nitrogens with one attached hydrogen (secondary N) is 1. The largest absolute Gasteiger partial charge is 0.466 e. The highest BCUT2D eigenvalue weighted by molar-refractivity contribution is 5.76. The first-order valence-electron chi connectivity index (χ1n) is 30.7. The van der Waals surface area contributed by atoms with Gasteiger partial charge in [0.2, 0.25) is 5.91 Å². The van der Waals surface area contributed by atoms with Crippen molar-refractivity contribution >= 4 is 11.9 Å². The molecule has 0 spiro atoms. The third kappa shape index (κ3) is 42.8. The van der Waals surface area contributed by atoms with E-state index >= 15 is 0 Å². The van der Waals surface area contributed by atoms with Crippen molar-refractivity contribution in [3.63, 3.8) is 0 Å². The highest BCUT2D eigenvalue weighted by atomic mass is 16.7. The number of esters is 1. The van der Waals surface area contributed by atoms with Crippen LogP contribution in [0.1, 0.15) is 258 Å². The minimum atomic E-state index is -1.58. The van der Waals surface area contributed by atoms with Gasteiger partial charge in [0.25, 0.3) is 0 Å². The molecule has 0 bridgehead atoms. The fraction of sp³-hybridized carbons (Fsp3) is 0.781. The van der Waals surface area contributed by atoms with E-state index in [2.05, 4.69) is 79.9 Å². The van der Waals surface area contributed by atoms with Crippen molar-refractivity contribution < 1.29 is 49.3 Å². The Morgan fingerprint density at radius 2 is 0.920 bits per heavy atom. The second-order valence-corrected chi connectivity index (χ2v) is 21.0. The van der Waals surface area contributed by atoms with Crippen LogP contribution in [0.5, 0.6) is 0 Å². The molecule has 1 rings (SSSR count). The number of aliphatic hydroxyl groups excluding tert-OH is 5. The third-order valence-corrected chi connectivity index (χ3v) is 14.0. The van der Waals surface area contributed by atoms with E-state index in [0.717, 1.165) is 103 Å². The number of allylic oxidation sites excluding steroid dienone is 11. The van der Waals surface area contributed by atoms with Crippen LogP contribution in [0.15, 0.2) is 72.9 Å². The molecule has 0 aliphatic carbocycles. The molecular weight excluding hydrogens is 943 g/mol. The second-order valence-electron chi connectivity index (χ2n) is 21.0. The number of hydrogen-bond acceptors (Lipinski definition) is 10. The lowest BCUT2D eigenvalue weighted by Crippen LogP contribution is -2.60. The van der Waals surface area contributed by atoms with Gasteiger partial charge in [-0.2, -0.15) is 0 Å². The van der Waals surface area contributed by atoms with Crippen molar-refractivity contribution in [1.82, 2.24) is 5.32 Å². The topological polar surface area (TPSA) is 175 Å². The summed E-state index contributed by atoms with van der Waals surface area (Å²) in [5, 5.41) is 54.2. The zero-order chi connectivity index (χ0) is 54.5. The lowest BCUT2D eigenvalue weighted by molar-refractivity contribution is -0.302. The van der Waals surface area contributed by atoms with Crippen LogP contribution >= 0.6 is 0 Å². The van der Waals surface area contributed by atoms with Gasteiger partial charge in [-0.05, 0) is 103 Å². The zero-order valence-electron chi connectivity index (χ0n) is 47.7. The molecule has 1 aliphatic heterocycles. The van der Waals surface area contributed by atoms with Gasteiger partial charge in [0, 0.05) is 12.8 Å². The van der Waals surface area contributed by atoms with E-state index in [1.54, 1.807) is 6.08 Å². The molecule has 1 aliphatic rings. The van der Waals surface area contributed by atoms with E-state index in [1.165, 1.54) is 128 Å². The maximum atomic E-state index is 13.0. The minimum absolute atomic E-state index is 0.0209. The summed E-state index contributed by atoms with van der Waals surface area (Å²) >= 11 is 0. The van der Waals surface area contributed by atoms with Gasteiger partial charge < -0.3 is 45.1 Å². The third-order valence-electron chi connectivity index (χ3n) is 14.0. The number of carbonyl (C=O) groups excluding carboxylic acids is 2. The number of aliphatic hydroxyl groups is 5. The Bertz CT molecular complexity index is 1470. The molecule has 0 aromatic rings. The number of carbonyl (C=O) groups is 2. The van der Waals surface area contributed by atoms with Crippen LogP contribution in [0.25, 0.3) is 0 Å². The molecule has 11 nitrogen and oxygen atoms in total. The Morgan fingerprint density at radius 3 is 1.44 bits per heavy atom. The summed E-state index contributed by atoms with van der Waals surface area (Å²) in [5.74, 6) is -0.227. The zero-order valence-corrected chi connectivity index (χ0v) is 47.7. The number of unbranched alkanes of at least 4 members (excludes halogenated alkanes) is 28. The van der Waals surface area contributed by atoms with Crippen LogP contribution in [-0.2, 0) is 23.8 Å². The first-order valence-corrected chi connectivity index (χ1v) is 30.7. The quantitative estimate of drug-likeness (QED) is 0.0195. The first-order chi connectivity index (χ1) is 36.7. The Labute approximate surface area is 458 Å². The average molecular weight is 1060 g/mol. The van der Waals surface area contributed by atoms with Gasteiger partial charge in [-0.25, -0.2) is 0 Å². The van der Waals surface area contributed by atoms with E-state index < -0.39 is 49.5 Å². The molecule has 0 aromatic heterocycles. The summed E-state index contributed by atoms with van der Waals surface area (Å²) in [4.78, 5) is 25.0. The van der Waals surface area contributed by atoms with Crippen LogP contribution < -0.4 is 5.32 Å². The lowest BCUT2D eigenvalue weighted by Gasteiger charge is -2.40. The fourth-order valence-electron chi connectivity index (χ4n) is 9.08. The Balaban J connectivity index is 2.04. The van der Waals surface area contributed by atoms with Crippen LogP contribution in [0.2, 0.25) is 0 Å². The van der Waals surface area contributed by atoms with Crippen molar-refractivity contribution in [2.45, 2.75) is 301 Å². The molecule has 0 aromatic carbocycles. The van der Waals surface area contributed by atoms with Gasteiger partial charge in [0.1, 0.15) is 24.4 Å². The van der Waals surface area contributed by atoms with Crippen LogP contribution in [0, 0.1) is 0 Å². The molecule has 434 valence electrons. The standard InChI is InChI=1S/C64H113NO10/c1-3-5-7-9-11-13-15-16-29-32-36-40-44-48-52-60(69)73-53-49-45-41-37-33-30-27-25-23-21-19-17-18-20-22-24-26-28-31-35-39-43-47-51-59(68)65-56(55-74-64-63(72)62(71)61(70)58(54-66)75-64)57(67)50-46-42-38-34-14-12-10-8-6-4-2/h9,11,14-17,19-20,22,34,46,50,56-58,61-64,66-67,70-72H,3-8,10,12-13,18,21,23-33,35-45,47-49,51-55H2,1-2H3,(H,65,68)/b11-9-,16-15-,19-17-,22-20-,34-14+,50-46+.